The lowest BCUT2D eigenvalue weighted by Crippen LogP contribution is -2.34. The van der Waals surface area contributed by atoms with Crippen molar-refractivity contribution in [1.29, 1.82) is 0 Å². The second kappa shape index (κ2) is 12.9. The van der Waals surface area contributed by atoms with Crippen molar-refractivity contribution >= 4 is 29.2 Å². The molecule has 1 fully saturated rings. The van der Waals surface area contributed by atoms with E-state index in [2.05, 4.69) is 4.98 Å². The van der Waals surface area contributed by atoms with Gasteiger partial charge in [-0.05, 0) is 24.3 Å². The summed E-state index contributed by atoms with van der Waals surface area (Å²) in [6.45, 7) is 0.561. The summed E-state index contributed by atoms with van der Waals surface area (Å²) in [7, 11) is 0. The number of aromatic carboxylic acids is 1. The molecule has 1 aliphatic rings. The zero-order valence-corrected chi connectivity index (χ0v) is 19.0. The molecule has 4 rings (SSSR count). The summed E-state index contributed by atoms with van der Waals surface area (Å²) in [6, 6.07) is 13.5. The monoisotopic (exact) mass is 513 g/mol. The number of halogens is 2. The van der Waals surface area contributed by atoms with E-state index in [1.54, 1.807) is 61.1 Å². The molecule has 2 aromatic carbocycles. The van der Waals surface area contributed by atoms with E-state index in [0.717, 1.165) is 0 Å². The second-order valence-electron chi connectivity index (χ2n) is 6.75. The van der Waals surface area contributed by atoms with E-state index < -0.39 is 16.8 Å². The summed E-state index contributed by atoms with van der Waals surface area (Å²) in [6.07, 6.45) is 4.77. The number of imidazole rings is 1. The highest BCUT2D eigenvalue weighted by atomic mass is 35.5. The molecule has 34 heavy (non-hydrogen) atoms. The van der Waals surface area contributed by atoms with E-state index >= 15 is 0 Å². The van der Waals surface area contributed by atoms with Gasteiger partial charge in [-0.2, -0.15) is 0 Å². The molecule has 182 valence electrons. The third-order valence-corrected chi connectivity index (χ3v) is 4.92. The Balaban J connectivity index is 0.000000260. The number of hydrogen-bond donors (Lipinski definition) is 3. The minimum Gasteiger partial charge on any atom is -0.478 e. The smallest absolute Gasteiger partial charge is 0.335 e. The molecule has 3 aromatic rings. The number of ether oxygens (including phenoxy) is 2. The molecule has 2 atom stereocenters. The maximum atomic E-state index is 10.2. The van der Waals surface area contributed by atoms with Gasteiger partial charge in [0, 0.05) is 23.0 Å². The Hall–Kier alpha value is -3.22. The average Bonchev–Trinajstić information content (AvgIpc) is 3.45. The van der Waals surface area contributed by atoms with Gasteiger partial charge in [-0.25, -0.2) is 9.78 Å². The maximum Gasteiger partial charge on any atom is 0.335 e. The molecule has 0 amide bonds. The molecular weight excluding hydrogens is 493 g/mol. The van der Waals surface area contributed by atoms with Crippen molar-refractivity contribution in [1.82, 2.24) is 9.55 Å². The first-order chi connectivity index (χ1) is 16.2. The third kappa shape index (κ3) is 7.97. The zero-order valence-electron chi connectivity index (χ0n) is 17.5. The van der Waals surface area contributed by atoms with Gasteiger partial charge in [-0.3, -0.25) is 0 Å². The summed E-state index contributed by atoms with van der Waals surface area (Å²) < 4.78 is 13.6. The number of nitrogens with zero attached hydrogens (tertiary/aromatic N) is 3. The number of carboxylic acid groups (broad SMARTS) is 1. The standard InChI is InChI=1S/C14H14Cl2N2O3.C7H6O2.HNO3/c15-10-1-2-12(13(16)5-10)14(8-18-4-3-17-9-18)20-7-11(6-19)21-14;8-7(9)6-4-2-1-3-5-6;2-1(3)4/h1-5,9,11,19H,6-8H2;1-5H,(H,8,9);(H,2,3,4)/t11-,14-;;/m1../s1. The molecule has 13 heteroatoms. The Morgan fingerprint density at radius 1 is 1.26 bits per heavy atom. The number of aliphatic hydroxyl groups is 1. The van der Waals surface area contributed by atoms with Gasteiger partial charge in [0.1, 0.15) is 6.10 Å². The zero-order chi connectivity index (χ0) is 25.1. The Kier molecular flexibility index (Phi) is 10.2. The van der Waals surface area contributed by atoms with Crippen LogP contribution >= 0.6 is 23.2 Å². The summed E-state index contributed by atoms with van der Waals surface area (Å²) in [5.41, 5.74) is 1.01. The second-order valence-corrected chi connectivity index (χ2v) is 7.60. The molecule has 0 saturated carbocycles. The minimum absolute atomic E-state index is 0.114. The van der Waals surface area contributed by atoms with Crippen LogP contribution in [0.1, 0.15) is 15.9 Å². The van der Waals surface area contributed by atoms with Crippen molar-refractivity contribution in [3.8, 4) is 0 Å². The lowest BCUT2D eigenvalue weighted by Gasteiger charge is -2.29. The van der Waals surface area contributed by atoms with Gasteiger partial charge in [0.15, 0.2) is 0 Å². The summed E-state index contributed by atoms with van der Waals surface area (Å²) >= 11 is 12.2. The van der Waals surface area contributed by atoms with Gasteiger partial charge in [0.2, 0.25) is 5.79 Å². The Morgan fingerprint density at radius 2 is 1.94 bits per heavy atom. The predicted molar refractivity (Wildman–Crippen MR) is 120 cm³/mol. The normalized spacial score (nSPS) is 18.7. The van der Waals surface area contributed by atoms with Gasteiger partial charge < -0.3 is 29.5 Å². The summed E-state index contributed by atoms with van der Waals surface area (Å²) in [4.78, 5) is 22.6. The number of benzene rings is 2. The van der Waals surface area contributed by atoms with Crippen LogP contribution in [0.25, 0.3) is 0 Å². The molecule has 1 aliphatic heterocycles. The highest BCUT2D eigenvalue weighted by molar-refractivity contribution is 6.35. The van der Waals surface area contributed by atoms with Crippen LogP contribution in [0.3, 0.4) is 0 Å². The molecule has 0 radical (unpaired) electrons. The molecule has 0 bridgehead atoms. The van der Waals surface area contributed by atoms with E-state index in [1.165, 1.54) is 0 Å². The van der Waals surface area contributed by atoms with E-state index in [-0.39, 0.29) is 12.7 Å². The van der Waals surface area contributed by atoms with E-state index in [4.69, 9.17) is 53.1 Å². The largest absolute Gasteiger partial charge is 0.478 e. The fourth-order valence-corrected chi connectivity index (χ4v) is 3.52. The molecular formula is C21H21Cl2N3O8. The predicted octanol–water partition coefficient (Wildman–Crippen LogP) is 3.49. The maximum absolute atomic E-state index is 10.2. The van der Waals surface area contributed by atoms with E-state index in [0.29, 0.717) is 34.3 Å². The number of hydrogen-bond acceptors (Lipinski definition) is 7. The fourth-order valence-electron chi connectivity index (χ4n) is 2.96. The van der Waals surface area contributed by atoms with Crippen LogP contribution in [0.15, 0.2) is 67.3 Å². The van der Waals surface area contributed by atoms with Crippen molar-refractivity contribution in [3.63, 3.8) is 0 Å². The average molecular weight is 514 g/mol. The number of carbonyl (C=O) groups is 1. The van der Waals surface area contributed by atoms with Crippen LogP contribution in [0.2, 0.25) is 10.0 Å². The molecule has 2 heterocycles. The van der Waals surface area contributed by atoms with Gasteiger partial charge in [-0.1, -0.05) is 47.5 Å². The van der Waals surface area contributed by atoms with Crippen molar-refractivity contribution in [2.24, 2.45) is 0 Å². The van der Waals surface area contributed by atoms with Gasteiger partial charge in [-0.15, -0.1) is 10.1 Å². The van der Waals surface area contributed by atoms with E-state index in [9.17, 15) is 9.90 Å². The topological polar surface area (TPSA) is 157 Å². The Labute approximate surface area is 203 Å². The number of carboxylic acids is 1. The van der Waals surface area contributed by atoms with Gasteiger partial charge >= 0.3 is 5.97 Å². The first-order valence-electron chi connectivity index (χ1n) is 9.62. The highest BCUT2D eigenvalue weighted by Gasteiger charge is 2.44. The molecule has 0 aliphatic carbocycles. The Morgan fingerprint density at radius 3 is 2.41 bits per heavy atom. The van der Waals surface area contributed by atoms with Crippen LogP contribution in [0.4, 0.5) is 0 Å². The Bertz CT molecular complexity index is 1070. The van der Waals surface area contributed by atoms with E-state index in [1.807, 2.05) is 10.8 Å². The SMILES string of the molecule is O=C(O)c1ccccc1.O=[N+]([O-])O.OC[C@@H]1CO[C@@](Cn2ccnc2)(c2ccc(Cl)cc2Cl)O1. The number of aliphatic hydroxyl groups excluding tert-OH is 1. The van der Waals surface area contributed by atoms with Crippen molar-refractivity contribution in [2.45, 2.75) is 18.4 Å². The highest BCUT2D eigenvalue weighted by Crippen LogP contribution is 2.40. The van der Waals surface area contributed by atoms with Crippen molar-refractivity contribution in [2.75, 3.05) is 13.2 Å². The number of aromatic nitrogens is 2. The van der Waals surface area contributed by atoms with Crippen LogP contribution in [0, 0.1) is 10.1 Å². The molecule has 1 saturated heterocycles. The summed E-state index contributed by atoms with van der Waals surface area (Å²) in [5, 5.41) is 32.3. The summed E-state index contributed by atoms with van der Waals surface area (Å²) in [5.74, 6) is -1.94. The van der Waals surface area contributed by atoms with Crippen LogP contribution in [-0.2, 0) is 21.8 Å². The van der Waals surface area contributed by atoms with Crippen LogP contribution in [-0.4, -0.2) is 55.3 Å². The molecule has 3 N–H and O–H groups in total. The lowest BCUT2D eigenvalue weighted by molar-refractivity contribution is -0.742. The van der Waals surface area contributed by atoms with Crippen LogP contribution in [0.5, 0.6) is 0 Å². The first kappa shape index (κ1) is 27.0. The third-order valence-electron chi connectivity index (χ3n) is 4.38. The quantitative estimate of drug-likeness (QED) is 0.342. The molecule has 11 nitrogen and oxygen atoms in total. The fraction of sp³-hybridized carbons (Fsp3) is 0.238. The van der Waals surface area contributed by atoms with Crippen molar-refractivity contribution < 1.29 is 34.8 Å². The van der Waals surface area contributed by atoms with Crippen molar-refractivity contribution in [3.05, 3.63) is 98.5 Å². The molecule has 0 spiro atoms. The van der Waals surface area contributed by atoms with Gasteiger partial charge in [0.05, 0.1) is 36.7 Å². The lowest BCUT2D eigenvalue weighted by atomic mass is 10.1. The minimum atomic E-state index is -1.50. The van der Waals surface area contributed by atoms with Gasteiger partial charge in [0.25, 0.3) is 5.09 Å². The first-order valence-corrected chi connectivity index (χ1v) is 10.4. The molecule has 0 unspecified atom stereocenters. The van der Waals surface area contributed by atoms with Crippen LogP contribution < -0.4 is 0 Å². The number of rotatable bonds is 5. The molecule has 1 aromatic heterocycles.